The molecule has 0 saturated heterocycles. The Morgan fingerprint density at radius 3 is 2.65 bits per heavy atom. The van der Waals surface area contributed by atoms with Crippen LogP contribution in [0.3, 0.4) is 0 Å². The molecule has 1 aliphatic carbocycles. The molecule has 108 valence electrons. The first-order valence-electron chi connectivity index (χ1n) is 6.34. The zero-order valence-electron chi connectivity index (χ0n) is 11.8. The van der Waals surface area contributed by atoms with Crippen molar-refractivity contribution in [1.29, 1.82) is 0 Å². The predicted octanol–water partition coefficient (Wildman–Crippen LogP) is 1.81. The molecule has 0 bridgehead atoms. The lowest BCUT2D eigenvalue weighted by Gasteiger charge is -2.25. The molecule has 0 aromatic carbocycles. The normalized spacial score (nSPS) is 22.9. The second kappa shape index (κ2) is 4.70. The summed E-state index contributed by atoms with van der Waals surface area (Å²) < 4.78 is 25.3. The van der Waals surface area contributed by atoms with Gasteiger partial charge in [0.05, 0.1) is 6.20 Å². The van der Waals surface area contributed by atoms with Crippen LogP contribution in [0.1, 0.15) is 32.8 Å². The zero-order valence-corrected chi connectivity index (χ0v) is 12.6. The average Bonchev–Trinajstić information content (AvgIpc) is 2.90. The Hall–Kier alpha value is -1.69. The van der Waals surface area contributed by atoms with Gasteiger partial charge < -0.3 is 4.79 Å². The molecule has 6 heteroatoms. The molecule has 0 aliphatic heterocycles. The minimum Gasteiger partial charge on any atom is -0.302 e. The van der Waals surface area contributed by atoms with E-state index in [4.69, 9.17) is 0 Å². The highest BCUT2D eigenvalue weighted by Crippen LogP contribution is 2.29. The van der Waals surface area contributed by atoms with Crippen LogP contribution in [0.5, 0.6) is 0 Å². The molecule has 1 heterocycles. The van der Waals surface area contributed by atoms with E-state index in [-0.39, 0.29) is 0 Å². The van der Waals surface area contributed by atoms with Gasteiger partial charge in [0.15, 0.2) is 0 Å². The van der Waals surface area contributed by atoms with Crippen LogP contribution in [-0.4, -0.2) is 28.6 Å². The maximum Gasteiger partial charge on any atom is 0.263 e. The van der Waals surface area contributed by atoms with Gasteiger partial charge in [-0.1, -0.05) is 24.3 Å². The lowest BCUT2D eigenvalue weighted by molar-refractivity contribution is -0.111. The van der Waals surface area contributed by atoms with E-state index in [9.17, 15) is 13.2 Å². The lowest BCUT2D eigenvalue weighted by Crippen LogP contribution is -2.38. The number of allylic oxidation sites excluding steroid dienone is 3. The molecule has 1 atom stereocenters. The van der Waals surface area contributed by atoms with Crippen LogP contribution in [0, 0.1) is 0 Å². The molecule has 1 aromatic heterocycles. The van der Waals surface area contributed by atoms with Crippen molar-refractivity contribution in [3.05, 3.63) is 42.3 Å². The Kier molecular flexibility index (Phi) is 3.46. The molecule has 1 aromatic rings. The van der Waals surface area contributed by atoms with Gasteiger partial charge in [0.2, 0.25) is 0 Å². The third kappa shape index (κ3) is 2.24. The summed E-state index contributed by atoms with van der Waals surface area (Å²) in [6.45, 7) is 5.10. The van der Waals surface area contributed by atoms with Crippen LogP contribution in [0.2, 0.25) is 0 Å². The van der Waals surface area contributed by atoms with Gasteiger partial charge in [0, 0.05) is 17.2 Å². The highest BCUT2D eigenvalue weighted by molar-refractivity contribution is 7.91. The van der Waals surface area contributed by atoms with Crippen molar-refractivity contribution < 1.29 is 13.2 Å². The number of carbonyl (C=O) groups is 1. The first-order valence-corrected chi connectivity index (χ1v) is 7.78. The van der Waals surface area contributed by atoms with Crippen LogP contribution < -0.4 is 0 Å². The summed E-state index contributed by atoms with van der Waals surface area (Å²) in [4.78, 5) is 11.0. The summed E-state index contributed by atoms with van der Waals surface area (Å²) in [5.74, 6) is 0. The second-order valence-electron chi connectivity index (χ2n) is 5.75. The van der Waals surface area contributed by atoms with E-state index in [1.165, 1.54) is 12.4 Å². The lowest BCUT2D eigenvalue weighted by atomic mass is 9.89. The molecule has 1 unspecified atom stereocenters. The van der Waals surface area contributed by atoms with E-state index in [0.717, 1.165) is 10.4 Å². The van der Waals surface area contributed by atoms with Gasteiger partial charge in [-0.3, -0.25) is 0 Å². The number of hydrogen-bond acceptors (Lipinski definition) is 4. The van der Waals surface area contributed by atoms with E-state index in [2.05, 4.69) is 5.10 Å². The zero-order chi connectivity index (χ0) is 15.0. The maximum atomic E-state index is 12.7. The van der Waals surface area contributed by atoms with Gasteiger partial charge in [0.25, 0.3) is 10.0 Å². The molecule has 0 radical (unpaired) electrons. The fourth-order valence-electron chi connectivity index (χ4n) is 1.95. The van der Waals surface area contributed by atoms with E-state index < -0.39 is 20.2 Å². The number of aromatic nitrogens is 2. The molecule has 1 aliphatic rings. The molecule has 20 heavy (non-hydrogen) atoms. The SMILES string of the molecule is CC(C)(C=O)c1cnn(S(=O)(=O)C2(C)C=CC=CC2)c1. The van der Waals surface area contributed by atoms with Crippen molar-refractivity contribution in [1.82, 2.24) is 9.19 Å². The summed E-state index contributed by atoms with van der Waals surface area (Å²) in [6.07, 6.45) is 11.1. The van der Waals surface area contributed by atoms with E-state index in [1.807, 2.05) is 12.2 Å². The smallest absolute Gasteiger partial charge is 0.263 e. The Bertz CT molecular complexity index is 683. The van der Waals surface area contributed by atoms with Crippen LogP contribution in [0.4, 0.5) is 0 Å². The number of hydrogen-bond donors (Lipinski definition) is 0. The Morgan fingerprint density at radius 1 is 1.40 bits per heavy atom. The Labute approximate surface area is 119 Å². The molecule has 0 fully saturated rings. The van der Waals surface area contributed by atoms with Gasteiger partial charge in [0.1, 0.15) is 11.0 Å². The monoisotopic (exact) mass is 294 g/mol. The minimum absolute atomic E-state index is 0.401. The van der Waals surface area contributed by atoms with Gasteiger partial charge in [-0.25, -0.2) is 8.42 Å². The highest BCUT2D eigenvalue weighted by Gasteiger charge is 2.39. The molecule has 2 rings (SSSR count). The standard InChI is InChI=1S/C14H18N2O3S/c1-13(2,11-17)12-9-15-16(10-12)20(18,19)14(3)7-5-4-6-8-14/h4-7,9-11H,8H2,1-3H3. The first-order chi connectivity index (χ1) is 9.23. The summed E-state index contributed by atoms with van der Waals surface area (Å²) in [6, 6.07) is 0. The van der Waals surface area contributed by atoms with E-state index in [1.54, 1.807) is 32.9 Å². The summed E-state index contributed by atoms with van der Waals surface area (Å²) in [7, 11) is -3.66. The van der Waals surface area contributed by atoms with Crippen LogP contribution in [-0.2, 0) is 20.2 Å². The van der Waals surface area contributed by atoms with Gasteiger partial charge in [-0.15, -0.1) is 0 Å². The first kappa shape index (κ1) is 14.7. The molecule has 0 amide bonds. The molecule has 0 saturated carbocycles. The molecular formula is C14H18N2O3S. The fourth-order valence-corrected chi connectivity index (χ4v) is 3.36. The van der Waals surface area contributed by atoms with Crippen molar-refractivity contribution in [3.63, 3.8) is 0 Å². The fraction of sp³-hybridized carbons (Fsp3) is 0.429. The highest BCUT2D eigenvalue weighted by atomic mass is 32.2. The van der Waals surface area contributed by atoms with Gasteiger partial charge in [-0.2, -0.15) is 9.19 Å². The number of aldehydes is 1. The van der Waals surface area contributed by atoms with Crippen molar-refractivity contribution in [3.8, 4) is 0 Å². The Morgan fingerprint density at radius 2 is 2.10 bits per heavy atom. The van der Waals surface area contributed by atoms with Gasteiger partial charge in [-0.05, 0) is 27.2 Å². The number of carbonyl (C=O) groups excluding carboxylic acids is 1. The number of nitrogens with zero attached hydrogens (tertiary/aromatic N) is 2. The third-order valence-electron chi connectivity index (χ3n) is 3.65. The van der Waals surface area contributed by atoms with E-state index >= 15 is 0 Å². The molecular weight excluding hydrogens is 276 g/mol. The van der Waals surface area contributed by atoms with Crippen LogP contribution in [0.25, 0.3) is 0 Å². The third-order valence-corrected chi connectivity index (χ3v) is 5.83. The predicted molar refractivity (Wildman–Crippen MR) is 76.9 cm³/mol. The van der Waals surface area contributed by atoms with Crippen molar-refractivity contribution >= 4 is 16.3 Å². The number of rotatable bonds is 4. The van der Waals surface area contributed by atoms with Crippen LogP contribution >= 0.6 is 0 Å². The van der Waals surface area contributed by atoms with Crippen LogP contribution in [0.15, 0.2) is 36.7 Å². The minimum atomic E-state index is -3.66. The summed E-state index contributed by atoms with van der Waals surface area (Å²) in [5, 5.41) is 3.93. The van der Waals surface area contributed by atoms with Crippen molar-refractivity contribution in [2.75, 3.05) is 0 Å². The Balaban J connectivity index is 2.44. The van der Waals surface area contributed by atoms with E-state index in [0.29, 0.717) is 12.0 Å². The topological polar surface area (TPSA) is 69.0 Å². The molecule has 0 spiro atoms. The molecule has 0 N–H and O–H groups in total. The quantitative estimate of drug-likeness (QED) is 0.794. The van der Waals surface area contributed by atoms with Crippen molar-refractivity contribution in [2.24, 2.45) is 0 Å². The summed E-state index contributed by atoms with van der Waals surface area (Å²) in [5.41, 5.74) is -0.174. The summed E-state index contributed by atoms with van der Waals surface area (Å²) >= 11 is 0. The van der Waals surface area contributed by atoms with Crippen molar-refractivity contribution in [2.45, 2.75) is 37.4 Å². The van der Waals surface area contributed by atoms with Gasteiger partial charge >= 0.3 is 0 Å². The molecule has 5 nitrogen and oxygen atoms in total. The average molecular weight is 294 g/mol. The maximum absolute atomic E-state index is 12.7. The second-order valence-corrected chi connectivity index (χ2v) is 8.01. The largest absolute Gasteiger partial charge is 0.302 e.